The molecule has 0 saturated carbocycles. The second-order valence-electron chi connectivity index (χ2n) is 6.52. The minimum absolute atomic E-state index is 0.244. The molecule has 0 amide bonds. The van der Waals surface area contributed by atoms with Gasteiger partial charge < -0.3 is 5.32 Å². The Bertz CT molecular complexity index is 337. The van der Waals surface area contributed by atoms with Crippen molar-refractivity contribution in [2.75, 3.05) is 6.54 Å². The quantitative estimate of drug-likeness (QED) is 0.710. The van der Waals surface area contributed by atoms with Crippen molar-refractivity contribution in [1.29, 1.82) is 0 Å². The third-order valence-corrected chi connectivity index (χ3v) is 3.67. The zero-order valence-corrected chi connectivity index (χ0v) is 13.4. The summed E-state index contributed by atoms with van der Waals surface area (Å²) in [6.45, 7) is 12.4. The van der Waals surface area contributed by atoms with Crippen LogP contribution >= 0.6 is 0 Å². The van der Waals surface area contributed by atoms with Crippen LogP contribution in [0.1, 0.15) is 77.5 Å². The zero-order valence-electron chi connectivity index (χ0n) is 13.4. The number of hydrogen-bond donors (Lipinski definition) is 1. The minimum Gasteiger partial charge on any atom is -0.310 e. The first-order chi connectivity index (χ1) is 8.99. The van der Waals surface area contributed by atoms with Crippen molar-refractivity contribution in [3.8, 4) is 0 Å². The number of benzene rings is 1. The van der Waals surface area contributed by atoms with Gasteiger partial charge in [0.25, 0.3) is 0 Å². The maximum absolute atomic E-state index is 3.68. The van der Waals surface area contributed by atoms with Gasteiger partial charge >= 0.3 is 0 Å². The molecule has 0 aliphatic heterocycles. The van der Waals surface area contributed by atoms with Gasteiger partial charge in [-0.15, -0.1) is 0 Å². The molecule has 0 aliphatic rings. The van der Waals surface area contributed by atoms with Gasteiger partial charge in [0.1, 0.15) is 0 Å². The molecule has 1 nitrogen and oxygen atoms in total. The molecule has 0 aliphatic carbocycles. The fourth-order valence-electron chi connectivity index (χ4n) is 2.33. The molecule has 0 saturated heterocycles. The highest BCUT2D eigenvalue weighted by Gasteiger charge is 2.15. The average Bonchev–Trinajstić information content (AvgIpc) is 2.38. The number of unbranched alkanes of at least 4 members (excludes halogenated alkanes) is 1. The van der Waals surface area contributed by atoms with Crippen molar-refractivity contribution in [2.24, 2.45) is 0 Å². The van der Waals surface area contributed by atoms with Crippen molar-refractivity contribution >= 4 is 0 Å². The second kappa shape index (κ2) is 7.69. The number of rotatable bonds is 7. The van der Waals surface area contributed by atoms with Crippen LogP contribution in [0.25, 0.3) is 0 Å². The van der Waals surface area contributed by atoms with E-state index < -0.39 is 0 Å². The Balaban J connectivity index is 2.78. The van der Waals surface area contributed by atoms with E-state index in [0.717, 1.165) is 6.54 Å². The van der Waals surface area contributed by atoms with Crippen molar-refractivity contribution in [2.45, 2.75) is 71.8 Å². The highest BCUT2D eigenvalue weighted by molar-refractivity contribution is 5.29. The molecule has 1 atom stereocenters. The van der Waals surface area contributed by atoms with Crippen LogP contribution in [-0.4, -0.2) is 6.54 Å². The van der Waals surface area contributed by atoms with Gasteiger partial charge in [-0.2, -0.15) is 0 Å². The van der Waals surface area contributed by atoms with E-state index in [1.165, 1.54) is 36.8 Å². The second-order valence-corrected chi connectivity index (χ2v) is 6.52. The van der Waals surface area contributed by atoms with Crippen LogP contribution in [0.4, 0.5) is 0 Å². The SMILES string of the molecule is CCCCC(NCCC)c1ccc(C(C)(C)C)cc1. The summed E-state index contributed by atoms with van der Waals surface area (Å²) in [5.74, 6) is 0. The lowest BCUT2D eigenvalue weighted by Gasteiger charge is -2.22. The summed E-state index contributed by atoms with van der Waals surface area (Å²) in [4.78, 5) is 0. The molecule has 19 heavy (non-hydrogen) atoms. The molecule has 0 radical (unpaired) electrons. The summed E-state index contributed by atoms with van der Waals surface area (Å²) >= 11 is 0. The molecule has 108 valence electrons. The molecule has 0 bridgehead atoms. The smallest absolute Gasteiger partial charge is 0.0320 e. The zero-order chi connectivity index (χ0) is 14.3. The van der Waals surface area contributed by atoms with Crippen molar-refractivity contribution < 1.29 is 0 Å². The molecular formula is C18H31N. The molecule has 0 fully saturated rings. The Kier molecular flexibility index (Phi) is 6.57. The van der Waals surface area contributed by atoms with E-state index >= 15 is 0 Å². The highest BCUT2D eigenvalue weighted by atomic mass is 14.9. The van der Waals surface area contributed by atoms with Crippen molar-refractivity contribution in [3.63, 3.8) is 0 Å². The largest absolute Gasteiger partial charge is 0.310 e. The highest BCUT2D eigenvalue weighted by Crippen LogP contribution is 2.25. The van der Waals surface area contributed by atoms with Crippen LogP contribution in [0.15, 0.2) is 24.3 Å². The van der Waals surface area contributed by atoms with Gasteiger partial charge in [-0.05, 0) is 35.9 Å². The third kappa shape index (κ3) is 5.36. The van der Waals surface area contributed by atoms with Gasteiger partial charge in [0.15, 0.2) is 0 Å². The lowest BCUT2D eigenvalue weighted by atomic mass is 9.86. The Labute approximate surface area is 119 Å². The first-order valence-corrected chi connectivity index (χ1v) is 7.82. The lowest BCUT2D eigenvalue weighted by Crippen LogP contribution is -2.22. The van der Waals surface area contributed by atoms with Crippen LogP contribution in [0.2, 0.25) is 0 Å². The standard InChI is InChI=1S/C18H31N/c1-6-8-9-17(19-14-7-2)15-10-12-16(13-11-15)18(3,4)5/h10-13,17,19H,6-9,14H2,1-5H3. The summed E-state index contributed by atoms with van der Waals surface area (Å²) in [7, 11) is 0. The molecule has 1 rings (SSSR count). The van der Waals surface area contributed by atoms with Crippen LogP contribution in [0.3, 0.4) is 0 Å². The van der Waals surface area contributed by atoms with E-state index in [1.54, 1.807) is 0 Å². The monoisotopic (exact) mass is 261 g/mol. The molecule has 1 N–H and O–H groups in total. The maximum Gasteiger partial charge on any atom is 0.0320 e. The first-order valence-electron chi connectivity index (χ1n) is 7.82. The van der Waals surface area contributed by atoms with Gasteiger partial charge in [-0.3, -0.25) is 0 Å². The average molecular weight is 261 g/mol. The molecule has 1 aromatic carbocycles. The van der Waals surface area contributed by atoms with Gasteiger partial charge in [-0.1, -0.05) is 71.7 Å². The topological polar surface area (TPSA) is 12.0 Å². The summed E-state index contributed by atoms with van der Waals surface area (Å²) in [6.07, 6.45) is 5.00. The van der Waals surface area contributed by atoms with E-state index in [9.17, 15) is 0 Å². The Morgan fingerprint density at radius 1 is 1.00 bits per heavy atom. The van der Waals surface area contributed by atoms with Gasteiger partial charge in [0, 0.05) is 6.04 Å². The maximum atomic E-state index is 3.68. The van der Waals surface area contributed by atoms with Gasteiger partial charge in [0.2, 0.25) is 0 Å². The lowest BCUT2D eigenvalue weighted by molar-refractivity contribution is 0.481. The van der Waals surface area contributed by atoms with Crippen LogP contribution in [0.5, 0.6) is 0 Å². The summed E-state index contributed by atoms with van der Waals surface area (Å²) < 4.78 is 0. The fourth-order valence-corrected chi connectivity index (χ4v) is 2.33. The van der Waals surface area contributed by atoms with Gasteiger partial charge in [-0.25, -0.2) is 0 Å². The first kappa shape index (κ1) is 16.2. The molecular weight excluding hydrogens is 230 g/mol. The van der Waals surface area contributed by atoms with E-state index in [0.29, 0.717) is 6.04 Å². The van der Waals surface area contributed by atoms with E-state index in [-0.39, 0.29) is 5.41 Å². The predicted octanol–water partition coefficient (Wildman–Crippen LogP) is 5.22. The molecule has 0 aromatic heterocycles. The van der Waals surface area contributed by atoms with Crippen molar-refractivity contribution in [1.82, 2.24) is 5.32 Å². The number of nitrogens with one attached hydrogen (secondary N) is 1. The van der Waals surface area contributed by atoms with Crippen LogP contribution in [0, 0.1) is 0 Å². The third-order valence-electron chi connectivity index (χ3n) is 3.67. The summed E-state index contributed by atoms with van der Waals surface area (Å²) in [6, 6.07) is 9.73. The molecule has 1 aromatic rings. The summed E-state index contributed by atoms with van der Waals surface area (Å²) in [5, 5.41) is 3.68. The molecule has 0 spiro atoms. The van der Waals surface area contributed by atoms with E-state index in [4.69, 9.17) is 0 Å². The molecule has 0 heterocycles. The normalized spacial score (nSPS) is 13.5. The van der Waals surface area contributed by atoms with E-state index in [1.807, 2.05) is 0 Å². The Morgan fingerprint density at radius 2 is 1.63 bits per heavy atom. The number of hydrogen-bond acceptors (Lipinski definition) is 1. The molecule has 1 unspecified atom stereocenters. The predicted molar refractivity (Wildman–Crippen MR) is 85.7 cm³/mol. The minimum atomic E-state index is 0.244. The van der Waals surface area contributed by atoms with E-state index in [2.05, 4.69) is 64.2 Å². The Hall–Kier alpha value is -0.820. The fraction of sp³-hybridized carbons (Fsp3) is 0.667. The summed E-state index contributed by atoms with van der Waals surface area (Å²) in [5.41, 5.74) is 3.10. The van der Waals surface area contributed by atoms with Gasteiger partial charge in [0.05, 0.1) is 0 Å². The van der Waals surface area contributed by atoms with Crippen LogP contribution in [-0.2, 0) is 5.41 Å². The Morgan fingerprint density at radius 3 is 2.11 bits per heavy atom. The van der Waals surface area contributed by atoms with Crippen LogP contribution < -0.4 is 5.32 Å². The molecule has 1 heteroatoms. The van der Waals surface area contributed by atoms with Crippen molar-refractivity contribution in [3.05, 3.63) is 35.4 Å².